The number of carboxylic acids is 1. The predicted octanol–water partition coefficient (Wildman–Crippen LogP) is 4.12. The standard InChI is InChI=1S/C26H22N2O6/c29-23-12-11-16(14-21(23)25(31)32)28-24(30)10-5-13-27-26(33)34-15-22-19-8-3-1-6-17(19)18-7-2-4-9-20(18)22/h1-12,14,22,29H,13,15H2,(H,27,33)(H,28,30)(H,31,32)/b10-5+. The van der Waals surface area contributed by atoms with Gasteiger partial charge in [0, 0.05) is 24.2 Å². The van der Waals surface area contributed by atoms with Crippen molar-refractivity contribution < 1.29 is 29.3 Å². The van der Waals surface area contributed by atoms with Crippen molar-refractivity contribution in [3.63, 3.8) is 0 Å². The number of carboxylic acid groups (broad SMARTS) is 1. The zero-order chi connectivity index (χ0) is 24.1. The molecule has 0 aromatic heterocycles. The average Bonchev–Trinajstić information content (AvgIpc) is 3.15. The monoisotopic (exact) mass is 458 g/mol. The number of rotatable bonds is 7. The van der Waals surface area contributed by atoms with Crippen LogP contribution in [0.1, 0.15) is 27.4 Å². The number of anilines is 1. The molecular weight excluding hydrogens is 436 g/mol. The molecule has 0 saturated heterocycles. The topological polar surface area (TPSA) is 125 Å². The van der Waals surface area contributed by atoms with Gasteiger partial charge in [-0.2, -0.15) is 0 Å². The van der Waals surface area contributed by atoms with Crippen molar-refractivity contribution in [2.45, 2.75) is 5.92 Å². The fourth-order valence-corrected chi connectivity index (χ4v) is 3.93. The third-order valence-corrected chi connectivity index (χ3v) is 5.47. The van der Waals surface area contributed by atoms with E-state index >= 15 is 0 Å². The van der Waals surface area contributed by atoms with Crippen LogP contribution in [0.2, 0.25) is 0 Å². The van der Waals surface area contributed by atoms with Gasteiger partial charge in [-0.25, -0.2) is 9.59 Å². The lowest BCUT2D eigenvalue weighted by atomic mass is 9.98. The molecule has 4 N–H and O–H groups in total. The van der Waals surface area contributed by atoms with Gasteiger partial charge in [0.25, 0.3) is 0 Å². The number of carbonyl (C=O) groups is 3. The molecule has 0 spiro atoms. The van der Waals surface area contributed by atoms with E-state index < -0.39 is 23.7 Å². The lowest BCUT2D eigenvalue weighted by Gasteiger charge is -2.14. The first-order chi connectivity index (χ1) is 16.4. The molecular formula is C26H22N2O6. The van der Waals surface area contributed by atoms with E-state index in [4.69, 9.17) is 9.84 Å². The van der Waals surface area contributed by atoms with Gasteiger partial charge in [0.1, 0.15) is 17.9 Å². The molecule has 3 aromatic carbocycles. The fourth-order valence-electron chi connectivity index (χ4n) is 3.93. The minimum absolute atomic E-state index is 0.0412. The Balaban J connectivity index is 1.26. The number of ether oxygens (including phenoxy) is 1. The van der Waals surface area contributed by atoms with Crippen molar-refractivity contribution in [2.24, 2.45) is 0 Å². The van der Waals surface area contributed by atoms with Gasteiger partial charge < -0.3 is 25.6 Å². The molecule has 0 unspecified atom stereocenters. The maximum absolute atomic E-state index is 12.1. The Kier molecular flexibility index (Phi) is 6.59. The smallest absolute Gasteiger partial charge is 0.407 e. The fraction of sp³-hybridized carbons (Fsp3) is 0.115. The molecule has 0 heterocycles. The third-order valence-electron chi connectivity index (χ3n) is 5.47. The van der Waals surface area contributed by atoms with Crippen LogP contribution in [-0.4, -0.2) is 41.3 Å². The van der Waals surface area contributed by atoms with Crippen molar-refractivity contribution in [3.8, 4) is 16.9 Å². The first-order valence-electron chi connectivity index (χ1n) is 10.6. The zero-order valence-electron chi connectivity index (χ0n) is 18.0. The van der Waals surface area contributed by atoms with Crippen molar-refractivity contribution in [3.05, 3.63) is 95.6 Å². The number of nitrogens with one attached hydrogen (secondary N) is 2. The number of hydrogen-bond acceptors (Lipinski definition) is 5. The zero-order valence-corrected chi connectivity index (χ0v) is 18.0. The molecule has 34 heavy (non-hydrogen) atoms. The van der Waals surface area contributed by atoms with Gasteiger partial charge >= 0.3 is 12.1 Å². The molecule has 1 aliphatic rings. The molecule has 1 aliphatic carbocycles. The highest BCUT2D eigenvalue weighted by Gasteiger charge is 2.28. The van der Waals surface area contributed by atoms with Gasteiger partial charge in [0.15, 0.2) is 0 Å². The largest absolute Gasteiger partial charge is 0.507 e. The van der Waals surface area contributed by atoms with E-state index in [1.807, 2.05) is 36.4 Å². The minimum atomic E-state index is -1.31. The van der Waals surface area contributed by atoms with E-state index in [0.29, 0.717) is 0 Å². The summed E-state index contributed by atoms with van der Waals surface area (Å²) in [5.74, 6) is -2.26. The molecule has 0 fully saturated rings. The van der Waals surface area contributed by atoms with E-state index in [0.717, 1.165) is 28.3 Å². The van der Waals surface area contributed by atoms with E-state index in [-0.39, 0.29) is 30.3 Å². The number of amides is 2. The summed E-state index contributed by atoms with van der Waals surface area (Å²) >= 11 is 0. The summed E-state index contributed by atoms with van der Waals surface area (Å²) in [6, 6.07) is 19.8. The Morgan fingerprint density at radius 3 is 2.24 bits per heavy atom. The van der Waals surface area contributed by atoms with Crippen LogP contribution in [0.3, 0.4) is 0 Å². The average molecular weight is 458 g/mol. The van der Waals surface area contributed by atoms with Gasteiger partial charge in [-0.1, -0.05) is 54.6 Å². The molecule has 2 amide bonds. The Morgan fingerprint density at radius 1 is 0.941 bits per heavy atom. The van der Waals surface area contributed by atoms with Gasteiger partial charge in [-0.3, -0.25) is 4.79 Å². The summed E-state index contributed by atoms with van der Waals surface area (Å²) < 4.78 is 5.43. The quantitative estimate of drug-likeness (QED) is 0.312. The molecule has 8 nitrogen and oxygen atoms in total. The summed E-state index contributed by atoms with van der Waals surface area (Å²) in [4.78, 5) is 35.2. The Bertz CT molecular complexity index is 1240. The first-order valence-corrected chi connectivity index (χ1v) is 10.6. The number of aromatic hydroxyl groups is 1. The summed E-state index contributed by atoms with van der Waals surface area (Å²) in [7, 11) is 0. The van der Waals surface area contributed by atoms with Gasteiger partial charge in [-0.15, -0.1) is 0 Å². The molecule has 4 rings (SSSR count). The summed E-state index contributed by atoms with van der Waals surface area (Å²) in [5.41, 5.74) is 4.42. The highest BCUT2D eigenvalue weighted by molar-refractivity contribution is 6.00. The number of phenols is 1. The maximum atomic E-state index is 12.1. The van der Waals surface area contributed by atoms with Crippen LogP contribution >= 0.6 is 0 Å². The van der Waals surface area contributed by atoms with Gasteiger partial charge in [0.2, 0.25) is 5.91 Å². The maximum Gasteiger partial charge on any atom is 0.407 e. The van der Waals surface area contributed by atoms with Crippen LogP contribution in [-0.2, 0) is 9.53 Å². The van der Waals surface area contributed by atoms with Crippen LogP contribution in [0.15, 0.2) is 78.9 Å². The molecule has 0 radical (unpaired) electrons. The lowest BCUT2D eigenvalue weighted by molar-refractivity contribution is -0.111. The summed E-state index contributed by atoms with van der Waals surface area (Å²) in [6.07, 6.45) is 2.04. The second kappa shape index (κ2) is 9.91. The first kappa shape index (κ1) is 22.6. The van der Waals surface area contributed by atoms with Crippen molar-refractivity contribution in [2.75, 3.05) is 18.5 Å². The number of fused-ring (bicyclic) bond motifs is 3. The Hall–Kier alpha value is -4.59. The van der Waals surface area contributed by atoms with Crippen LogP contribution in [0.4, 0.5) is 10.5 Å². The van der Waals surface area contributed by atoms with Crippen molar-refractivity contribution >= 4 is 23.7 Å². The molecule has 8 heteroatoms. The second-order valence-electron chi connectivity index (χ2n) is 7.64. The Morgan fingerprint density at radius 2 is 1.59 bits per heavy atom. The third kappa shape index (κ3) is 4.91. The van der Waals surface area contributed by atoms with Crippen LogP contribution in [0, 0.1) is 0 Å². The van der Waals surface area contributed by atoms with E-state index in [1.165, 1.54) is 24.3 Å². The molecule has 0 atom stereocenters. The Labute approximate surface area is 195 Å². The van der Waals surface area contributed by atoms with Crippen LogP contribution in [0.25, 0.3) is 11.1 Å². The number of aromatic carboxylic acids is 1. The summed E-state index contributed by atoms with van der Waals surface area (Å²) in [5, 5.41) is 23.6. The van der Waals surface area contributed by atoms with E-state index in [2.05, 4.69) is 22.8 Å². The molecule has 3 aromatic rings. The highest BCUT2D eigenvalue weighted by Crippen LogP contribution is 2.44. The number of alkyl carbamates (subject to hydrolysis) is 1. The number of benzene rings is 3. The molecule has 0 bridgehead atoms. The number of hydrogen-bond donors (Lipinski definition) is 4. The van der Waals surface area contributed by atoms with Crippen molar-refractivity contribution in [1.82, 2.24) is 5.32 Å². The molecule has 0 aliphatic heterocycles. The second-order valence-corrected chi connectivity index (χ2v) is 7.64. The normalized spacial score (nSPS) is 12.1. The van der Waals surface area contributed by atoms with E-state index in [1.54, 1.807) is 0 Å². The molecule has 172 valence electrons. The predicted molar refractivity (Wildman–Crippen MR) is 126 cm³/mol. The SMILES string of the molecule is O=C(/C=C/CNC(=O)OCC1c2ccccc2-c2ccccc21)Nc1ccc(O)c(C(=O)O)c1. The molecule has 0 saturated carbocycles. The van der Waals surface area contributed by atoms with E-state index in [9.17, 15) is 19.5 Å². The summed E-state index contributed by atoms with van der Waals surface area (Å²) in [6.45, 7) is 0.261. The van der Waals surface area contributed by atoms with Crippen molar-refractivity contribution in [1.29, 1.82) is 0 Å². The number of carbonyl (C=O) groups excluding carboxylic acids is 2. The minimum Gasteiger partial charge on any atom is -0.507 e. The van der Waals surface area contributed by atoms with Crippen LogP contribution < -0.4 is 10.6 Å². The van der Waals surface area contributed by atoms with Crippen LogP contribution in [0.5, 0.6) is 5.75 Å². The van der Waals surface area contributed by atoms with Gasteiger partial charge in [0.05, 0.1) is 0 Å². The van der Waals surface area contributed by atoms with Gasteiger partial charge in [-0.05, 0) is 40.5 Å². The lowest BCUT2D eigenvalue weighted by Crippen LogP contribution is -2.26. The highest BCUT2D eigenvalue weighted by atomic mass is 16.5.